The summed E-state index contributed by atoms with van der Waals surface area (Å²) < 4.78 is 0. The SMILES string of the molecule is CCSC1CCC(Nc2cc(C(N)=O)c(N)cn2)C1. The van der Waals surface area contributed by atoms with Gasteiger partial charge in [0.15, 0.2) is 0 Å². The van der Waals surface area contributed by atoms with Gasteiger partial charge in [-0.25, -0.2) is 4.98 Å². The van der Waals surface area contributed by atoms with E-state index in [9.17, 15) is 4.79 Å². The van der Waals surface area contributed by atoms with E-state index < -0.39 is 5.91 Å². The quantitative estimate of drug-likeness (QED) is 0.765. The Morgan fingerprint density at radius 3 is 3.05 bits per heavy atom. The van der Waals surface area contributed by atoms with Crippen LogP contribution in [0.2, 0.25) is 0 Å². The Labute approximate surface area is 117 Å². The number of aromatic nitrogens is 1. The second kappa shape index (κ2) is 6.14. The number of carbonyl (C=O) groups is 1. The largest absolute Gasteiger partial charge is 0.397 e. The molecular weight excluding hydrogens is 260 g/mol. The standard InChI is InChI=1S/C13H20N4OS/c1-2-19-9-4-3-8(5-9)17-12-6-10(13(15)18)11(14)7-16-12/h6-9H,2-5,14H2,1H3,(H2,15,18)(H,16,17). The zero-order valence-electron chi connectivity index (χ0n) is 11.1. The maximum Gasteiger partial charge on any atom is 0.250 e. The molecule has 104 valence electrons. The monoisotopic (exact) mass is 280 g/mol. The summed E-state index contributed by atoms with van der Waals surface area (Å²) in [5.74, 6) is 1.31. The zero-order valence-corrected chi connectivity index (χ0v) is 11.9. The molecule has 1 aromatic heterocycles. The smallest absolute Gasteiger partial charge is 0.250 e. The molecule has 0 radical (unpaired) electrons. The van der Waals surface area contributed by atoms with E-state index in [1.807, 2.05) is 11.8 Å². The summed E-state index contributed by atoms with van der Waals surface area (Å²) >= 11 is 2.01. The first-order valence-corrected chi connectivity index (χ1v) is 7.58. The Morgan fingerprint density at radius 1 is 1.58 bits per heavy atom. The van der Waals surface area contributed by atoms with Crippen molar-refractivity contribution in [3.8, 4) is 0 Å². The first-order valence-electron chi connectivity index (χ1n) is 6.53. The molecule has 0 spiro atoms. The van der Waals surface area contributed by atoms with E-state index in [0.717, 1.165) is 23.8 Å². The van der Waals surface area contributed by atoms with Crippen LogP contribution in [0, 0.1) is 0 Å². The molecule has 1 aliphatic rings. The zero-order chi connectivity index (χ0) is 13.8. The normalized spacial score (nSPS) is 22.4. The first kappa shape index (κ1) is 14.0. The molecule has 19 heavy (non-hydrogen) atoms. The number of primary amides is 1. The van der Waals surface area contributed by atoms with Crippen molar-refractivity contribution < 1.29 is 4.79 Å². The Morgan fingerprint density at radius 2 is 2.37 bits per heavy atom. The molecule has 2 unspecified atom stereocenters. The van der Waals surface area contributed by atoms with Crippen LogP contribution in [0.4, 0.5) is 11.5 Å². The molecule has 2 atom stereocenters. The van der Waals surface area contributed by atoms with Gasteiger partial charge in [-0.2, -0.15) is 11.8 Å². The minimum Gasteiger partial charge on any atom is -0.397 e. The lowest BCUT2D eigenvalue weighted by atomic mass is 10.2. The Hall–Kier alpha value is -1.43. The van der Waals surface area contributed by atoms with E-state index in [4.69, 9.17) is 11.5 Å². The molecular formula is C13H20N4OS. The van der Waals surface area contributed by atoms with E-state index in [2.05, 4.69) is 17.2 Å². The fourth-order valence-electron chi connectivity index (χ4n) is 2.43. The van der Waals surface area contributed by atoms with E-state index in [0.29, 0.717) is 23.1 Å². The van der Waals surface area contributed by atoms with Crippen LogP contribution in [0.15, 0.2) is 12.3 Å². The number of nitrogens with one attached hydrogen (secondary N) is 1. The number of hydrogen-bond donors (Lipinski definition) is 3. The van der Waals surface area contributed by atoms with E-state index in [-0.39, 0.29) is 0 Å². The average Bonchev–Trinajstić information content (AvgIpc) is 2.79. The van der Waals surface area contributed by atoms with E-state index in [1.165, 1.54) is 12.6 Å². The summed E-state index contributed by atoms with van der Waals surface area (Å²) in [6.45, 7) is 2.19. The van der Waals surface area contributed by atoms with Crippen LogP contribution in [0.5, 0.6) is 0 Å². The molecule has 6 heteroatoms. The van der Waals surface area contributed by atoms with Gasteiger partial charge in [-0.3, -0.25) is 4.79 Å². The van der Waals surface area contributed by atoms with Crippen LogP contribution < -0.4 is 16.8 Å². The third kappa shape index (κ3) is 3.53. The number of carbonyl (C=O) groups excluding carboxylic acids is 1. The number of pyridine rings is 1. The molecule has 5 nitrogen and oxygen atoms in total. The topological polar surface area (TPSA) is 94.0 Å². The Balaban J connectivity index is 2.00. The molecule has 1 amide bonds. The van der Waals surface area contributed by atoms with Crippen molar-refractivity contribution in [3.63, 3.8) is 0 Å². The highest BCUT2D eigenvalue weighted by molar-refractivity contribution is 7.99. The van der Waals surface area contributed by atoms with Crippen molar-refractivity contribution in [2.45, 2.75) is 37.5 Å². The maximum atomic E-state index is 11.2. The average molecular weight is 280 g/mol. The molecule has 1 heterocycles. The molecule has 0 bridgehead atoms. The molecule has 1 aromatic rings. The van der Waals surface area contributed by atoms with Crippen molar-refractivity contribution in [3.05, 3.63) is 17.8 Å². The van der Waals surface area contributed by atoms with Gasteiger partial charge in [-0.1, -0.05) is 6.92 Å². The van der Waals surface area contributed by atoms with Crippen molar-refractivity contribution in [2.24, 2.45) is 5.73 Å². The van der Waals surface area contributed by atoms with Crippen molar-refractivity contribution in [2.75, 3.05) is 16.8 Å². The number of anilines is 2. The van der Waals surface area contributed by atoms with E-state index >= 15 is 0 Å². The van der Waals surface area contributed by atoms with Gasteiger partial charge in [0, 0.05) is 11.3 Å². The fourth-order valence-corrected chi connectivity index (χ4v) is 3.57. The number of hydrogen-bond acceptors (Lipinski definition) is 5. The molecule has 2 rings (SSSR count). The molecule has 1 aliphatic carbocycles. The van der Waals surface area contributed by atoms with Gasteiger partial charge in [0.1, 0.15) is 5.82 Å². The molecule has 0 aliphatic heterocycles. The van der Waals surface area contributed by atoms with Gasteiger partial charge in [-0.15, -0.1) is 0 Å². The van der Waals surface area contributed by atoms with Crippen LogP contribution in [-0.2, 0) is 0 Å². The molecule has 0 aromatic carbocycles. The van der Waals surface area contributed by atoms with Crippen molar-refractivity contribution in [1.29, 1.82) is 0 Å². The van der Waals surface area contributed by atoms with Gasteiger partial charge in [0.2, 0.25) is 0 Å². The summed E-state index contributed by atoms with van der Waals surface area (Å²) in [6, 6.07) is 2.05. The van der Waals surface area contributed by atoms with E-state index in [1.54, 1.807) is 6.07 Å². The summed E-state index contributed by atoms with van der Waals surface area (Å²) in [5.41, 5.74) is 11.6. The summed E-state index contributed by atoms with van der Waals surface area (Å²) in [5, 5.41) is 4.09. The lowest BCUT2D eigenvalue weighted by Gasteiger charge is -2.14. The second-order valence-corrected chi connectivity index (χ2v) is 6.33. The summed E-state index contributed by atoms with van der Waals surface area (Å²) in [7, 11) is 0. The predicted octanol–water partition coefficient (Wildman–Crippen LogP) is 1.85. The number of thioether (sulfide) groups is 1. The van der Waals surface area contributed by atoms with Gasteiger partial charge in [0.25, 0.3) is 5.91 Å². The third-order valence-electron chi connectivity index (χ3n) is 3.34. The van der Waals surface area contributed by atoms with Crippen LogP contribution in [0.3, 0.4) is 0 Å². The number of rotatable bonds is 5. The van der Waals surface area contributed by atoms with Gasteiger partial charge in [0.05, 0.1) is 17.4 Å². The molecule has 1 saturated carbocycles. The second-order valence-electron chi connectivity index (χ2n) is 4.75. The molecule has 1 fully saturated rings. The van der Waals surface area contributed by atoms with Gasteiger partial charge < -0.3 is 16.8 Å². The Bertz CT molecular complexity index is 466. The van der Waals surface area contributed by atoms with Crippen molar-refractivity contribution in [1.82, 2.24) is 4.98 Å². The number of amides is 1. The highest BCUT2D eigenvalue weighted by Crippen LogP contribution is 2.31. The predicted molar refractivity (Wildman–Crippen MR) is 80.3 cm³/mol. The number of nitrogens with two attached hydrogens (primary N) is 2. The maximum absolute atomic E-state index is 11.2. The lowest BCUT2D eigenvalue weighted by molar-refractivity contribution is 0.100. The van der Waals surface area contributed by atoms with Gasteiger partial charge in [-0.05, 0) is 31.1 Å². The lowest BCUT2D eigenvalue weighted by Crippen LogP contribution is -2.19. The van der Waals surface area contributed by atoms with Crippen LogP contribution >= 0.6 is 11.8 Å². The molecule has 5 N–H and O–H groups in total. The van der Waals surface area contributed by atoms with Crippen LogP contribution in [-0.4, -0.2) is 27.9 Å². The summed E-state index contributed by atoms with van der Waals surface area (Å²) in [4.78, 5) is 15.4. The highest BCUT2D eigenvalue weighted by atomic mass is 32.2. The minimum absolute atomic E-state index is 0.323. The summed E-state index contributed by atoms with van der Waals surface area (Å²) in [6.07, 6.45) is 4.98. The van der Waals surface area contributed by atoms with Crippen molar-refractivity contribution >= 4 is 29.2 Å². The number of nitrogens with zero attached hydrogens (tertiary/aromatic N) is 1. The highest BCUT2D eigenvalue weighted by Gasteiger charge is 2.24. The third-order valence-corrected chi connectivity index (χ3v) is 4.57. The molecule has 0 saturated heterocycles. The number of nitrogen functional groups attached to an aromatic ring is 1. The Kier molecular flexibility index (Phi) is 4.52. The minimum atomic E-state index is -0.520. The fraction of sp³-hybridized carbons (Fsp3) is 0.538. The van der Waals surface area contributed by atoms with Crippen LogP contribution in [0.1, 0.15) is 36.5 Å². The first-order chi connectivity index (χ1) is 9.10. The van der Waals surface area contributed by atoms with Crippen LogP contribution in [0.25, 0.3) is 0 Å². The van der Waals surface area contributed by atoms with Gasteiger partial charge >= 0.3 is 0 Å².